The zero-order valence-electron chi connectivity index (χ0n) is 10.8. The van der Waals surface area contributed by atoms with Crippen LogP contribution >= 0.6 is 0 Å². The van der Waals surface area contributed by atoms with Gasteiger partial charge in [-0.15, -0.1) is 0 Å². The summed E-state index contributed by atoms with van der Waals surface area (Å²) in [5.41, 5.74) is 0.0324. The first-order valence-electron chi connectivity index (χ1n) is 6.59. The van der Waals surface area contributed by atoms with Crippen LogP contribution in [0.25, 0.3) is 0 Å². The maximum absolute atomic E-state index is 10.5. The Balaban J connectivity index is 2.82. The fraction of sp³-hybridized carbons (Fsp3) is 1.00. The number of likely N-dealkylation sites (N-methyl/N-ethyl adjacent to an activating group) is 1. The molecule has 0 amide bonds. The van der Waals surface area contributed by atoms with E-state index in [2.05, 4.69) is 32.6 Å². The SMILES string of the molecule is CCN(CC)C(CC)(CC)C(O)C1CC1. The lowest BCUT2D eigenvalue weighted by Crippen LogP contribution is -2.56. The largest absolute Gasteiger partial charge is 0.391 e. The summed E-state index contributed by atoms with van der Waals surface area (Å²) in [6.07, 6.45) is 4.45. The highest BCUT2D eigenvalue weighted by atomic mass is 16.3. The molecule has 1 fully saturated rings. The first-order chi connectivity index (χ1) is 7.16. The summed E-state index contributed by atoms with van der Waals surface area (Å²) in [7, 11) is 0. The molecular weight excluding hydrogens is 186 g/mol. The average Bonchev–Trinajstić information content (AvgIpc) is 3.09. The Morgan fingerprint density at radius 1 is 1.13 bits per heavy atom. The average molecular weight is 213 g/mol. The summed E-state index contributed by atoms with van der Waals surface area (Å²) in [6.45, 7) is 10.9. The molecule has 1 saturated carbocycles. The summed E-state index contributed by atoms with van der Waals surface area (Å²) < 4.78 is 0. The molecule has 0 radical (unpaired) electrons. The van der Waals surface area contributed by atoms with Crippen LogP contribution in [-0.2, 0) is 0 Å². The standard InChI is InChI=1S/C13H27NO/c1-5-13(6-2,14(7-3)8-4)12(15)11-9-10-11/h11-12,15H,5-10H2,1-4H3. The maximum Gasteiger partial charge on any atom is 0.0751 e. The molecule has 0 aromatic rings. The second-order valence-electron chi connectivity index (χ2n) is 4.77. The monoisotopic (exact) mass is 213 g/mol. The van der Waals surface area contributed by atoms with E-state index in [9.17, 15) is 5.11 Å². The molecule has 15 heavy (non-hydrogen) atoms. The molecule has 1 aliphatic carbocycles. The molecule has 0 spiro atoms. The fourth-order valence-electron chi connectivity index (χ4n) is 3.01. The topological polar surface area (TPSA) is 23.5 Å². The Labute approximate surface area is 94.7 Å². The minimum Gasteiger partial charge on any atom is -0.391 e. The predicted octanol–water partition coefficient (Wildman–Crippen LogP) is 2.66. The molecule has 90 valence electrons. The molecule has 0 bridgehead atoms. The zero-order chi connectivity index (χ0) is 11.5. The molecule has 1 N–H and O–H groups in total. The summed E-state index contributed by atoms with van der Waals surface area (Å²) in [5.74, 6) is 0.575. The van der Waals surface area contributed by atoms with E-state index in [1.165, 1.54) is 12.8 Å². The van der Waals surface area contributed by atoms with E-state index in [1.807, 2.05) is 0 Å². The van der Waals surface area contributed by atoms with Gasteiger partial charge in [0, 0.05) is 5.54 Å². The number of aliphatic hydroxyl groups is 1. The van der Waals surface area contributed by atoms with Gasteiger partial charge in [0.1, 0.15) is 0 Å². The summed E-state index contributed by atoms with van der Waals surface area (Å²) in [5, 5.41) is 10.5. The van der Waals surface area contributed by atoms with Gasteiger partial charge in [0.2, 0.25) is 0 Å². The molecule has 1 aliphatic rings. The lowest BCUT2D eigenvalue weighted by atomic mass is 9.82. The Hall–Kier alpha value is -0.0800. The fourth-order valence-corrected chi connectivity index (χ4v) is 3.01. The van der Waals surface area contributed by atoms with Crippen LogP contribution < -0.4 is 0 Å². The van der Waals surface area contributed by atoms with E-state index in [-0.39, 0.29) is 11.6 Å². The zero-order valence-corrected chi connectivity index (χ0v) is 10.8. The Morgan fingerprint density at radius 3 is 1.87 bits per heavy atom. The van der Waals surface area contributed by atoms with Gasteiger partial charge in [0.25, 0.3) is 0 Å². The Bertz CT molecular complexity index is 177. The van der Waals surface area contributed by atoms with E-state index in [0.29, 0.717) is 5.92 Å². The van der Waals surface area contributed by atoms with E-state index in [0.717, 1.165) is 25.9 Å². The van der Waals surface area contributed by atoms with Crippen molar-refractivity contribution in [3.05, 3.63) is 0 Å². The highest BCUT2D eigenvalue weighted by molar-refractivity contribution is 5.00. The van der Waals surface area contributed by atoms with Crippen molar-refractivity contribution in [2.24, 2.45) is 5.92 Å². The van der Waals surface area contributed by atoms with Crippen molar-refractivity contribution < 1.29 is 5.11 Å². The third-order valence-electron chi connectivity index (χ3n) is 4.24. The van der Waals surface area contributed by atoms with Gasteiger partial charge in [-0.3, -0.25) is 4.90 Å². The van der Waals surface area contributed by atoms with Crippen LogP contribution in [0, 0.1) is 5.92 Å². The first kappa shape index (κ1) is 13.0. The molecule has 0 heterocycles. The van der Waals surface area contributed by atoms with Gasteiger partial charge in [-0.2, -0.15) is 0 Å². The molecule has 2 heteroatoms. The lowest BCUT2D eigenvalue weighted by molar-refractivity contribution is -0.0456. The molecule has 0 saturated heterocycles. The summed E-state index contributed by atoms with van der Waals surface area (Å²) in [6, 6.07) is 0. The van der Waals surface area contributed by atoms with Crippen molar-refractivity contribution in [1.82, 2.24) is 4.90 Å². The van der Waals surface area contributed by atoms with Crippen LogP contribution in [-0.4, -0.2) is 34.7 Å². The van der Waals surface area contributed by atoms with E-state index < -0.39 is 0 Å². The maximum atomic E-state index is 10.5. The van der Waals surface area contributed by atoms with Crippen LogP contribution in [0.4, 0.5) is 0 Å². The van der Waals surface area contributed by atoms with E-state index in [1.54, 1.807) is 0 Å². The number of nitrogens with zero attached hydrogens (tertiary/aromatic N) is 1. The molecule has 0 aromatic heterocycles. The predicted molar refractivity (Wildman–Crippen MR) is 65.0 cm³/mol. The number of rotatable bonds is 7. The van der Waals surface area contributed by atoms with E-state index in [4.69, 9.17) is 0 Å². The van der Waals surface area contributed by atoms with Crippen molar-refractivity contribution in [2.45, 2.75) is 65.0 Å². The van der Waals surface area contributed by atoms with Crippen molar-refractivity contribution >= 4 is 0 Å². The molecule has 1 atom stereocenters. The molecule has 0 aromatic carbocycles. The highest BCUT2D eigenvalue weighted by Crippen LogP contribution is 2.42. The molecule has 1 unspecified atom stereocenters. The second-order valence-corrected chi connectivity index (χ2v) is 4.77. The minimum atomic E-state index is -0.118. The Morgan fingerprint density at radius 2 is 1.60 bits per heavy atom. The summed E-state index contributed by atoms with van der Waals surface area (Å²) >= 11 is 0. The number of aliphatic hydroxyl groups excluding tert-OH is 1. The van der Waals surface area contributed by atoms with Crippen LogP contribution in [0.15, 0.2) is 0 Å². The van der Waals surface area contributed by atoms with Gasteiger partial charge >= 0.3 is 0 Å². The highest BCUT2D eigenvalue weighted by Gasteiger charge is 2.46. The Kier molecular flexibility index (Phi) is 4.60. The number of hydrogen-bond acceptors (Lipinski definition) is 2. The van der Waals surface area contributed by atoms with Crippen molar-refractivity contribution in [2.75, 3.05) is 13.1 Å². The van der Waals surface area contributed by atoms with Crippen molar-refractivity contribution in [1.29, 1.82) is 0 Å². The number of hydrogen-bond donors (Lipinski definition) is 1. The van der Waals surface area contributed by atoms with Crippen LogP contribution in [0.3, 0.4) is 0 Å². The molecule has 0 aliphatic heterocycles. The van der Waals surface area contributed by atoms with Crippen LogP contribution in [0.5, 0.6) is 0 Å². The first-order valence-corrected chi connectivity index (χ1v) is 6.59. The smallest absolute Gasteiger partial charge is 0.0751 e. The van der Waals surface area contributed by atoms with E-state index >= 15 is 0 Å². The quantitative estimate of drug-likeness (QED) is 0.703. The molecule has 2 nitrogen and oxygen atoms in total. The normalized spacial score (nSPS) is 19.6. The van der Waals surface area contributed by atoms with Gasteiger partial charge in [-0.25, -0.2) is 0 Å². The second kappa shape index (κ2) is 5.31. The molecule has 1 rings (SSSR count). The van der Waals surface area contributed by atoms with Crippen molar-refractivity contribution in [3.8, 4) is 0 Å². The lowest BCUT2D eigenvalue weighted by Gasteiger charge is -2.46. The van der Waals surface area contributed by atoms with Gasteiger partial charge in [-0.1, -0.05) is 27.7 Å². The third-order valence-corrected chi connectivity index (χ3v) is 4.24. The third kappa shape index (κ3) is 2.36. The van der Waals surface area contributed by atoms with Gasteiger partial charge < -0.3 is 5.11 Å². The van der Waals surface area contributed by atoms with Gasteiger partial charge in [0.05, 0.1) is 6.10 Å². The molecular formula is C13H27NO. The summed E-state index contributed by atoms with van der Waals surface area (Å²) in [4.78, 5) is 2.45. The van der Waals surface area contributed by atoms with Gasteiger partial charge in [-0.05, 0) is 44.7 Å². The van der Waals surface area contributed by atoms with Gasteiger partial charge in [0.15, 0.2) is 0 Å². The minimum absolute atomic E-state index is 0.0324. The van der Waals surface area contributed by atoms with Crippen molar-refractivity contribution in [3.63, 3.8) is 0 Å². The van der Waals surface area contributed by atoms with Crippen LogP contribution in [0.1, 0.15) is 53.4 Å². The van der Waals surface area contributed by atoms with Crippen LogP contribution in [0.2, 0.25) is 0 Å².